The molecule has 1 rings (SSSR count). The fraction of sp³-hybridized carbons (Fsp3) is 0.417. The minimum absolute atomic E-state index is 0.0525. The number of aryl methyl sites for hydroxylation is 1. The summed E-state index contributed by atoms with van der Waals surface area (Å²) in [4.78, 5) is 10.4. The standard InChI is InChI=1S/C12H15FO2/c1-8(4-5-14)10-6-9(2)11(13)7-12(10)15-3/h5-8H,4H2,1-3H3. The first kappa shape index (κ1) is 11.7. The van der Waals surface area contributed by atoms with Crippen LogP contribution in [0.3, 0.4) is 0 Å². The van der Waals surface area contributed by atoms with Gasteiger partial charge in [0.25, 0.3) is 0 Å². The first-order chi connectivity index (χ1) is 7.10. The van der Waals surface area contributed by atoms with E-state index in [2.05, 4.69) is 0 Å². The monoisotopic (exact) mass is 210 g/mol. The number of benzene rings is 1. The van der Waals surface area contributed by atoms with Crippen molar-refractivity contribution in [3.05, 3.63) is 29.1 Å². The Kier molecular flexibility index (Phi) is 3.83. The molecule has 0 spiro atoms. The van der Waals surface area contributed by atoms with Gasteiger partial charge in [0.05, 0.1) is 7.11 Å². The van der Waals surface area contributed by atoms with Crippen molar-refractivity contribution in [3.63, 3.8) is 0 Å². The fourth-order valence-corrected chi connectivity index (χ4v) is 1.52. The molecule has 0 aromatic heterocycles. The summed E-state index contributed by atoms with van der Waals surface area (Å²) in [5.41, 5.74) is 1.45. The number of carbonyl (C=O) groups is 1. The molecule has 1 aromatic carbocycles. The summed E-state index contributed by atoms with van der Waals surface area (Å²) < 4.78 is 18.3. The van der Waals surface area contributed by atoms with Crippen LogP contribution in [-0.4, -0.2) is 13.4 Å². The molecule has 0 bridgehead atoms. The van der Waals surface area contributed by atoms with E-state index in [1.54, 1.807) is 13.0 Å². The normalized spacial score (nSPS) is 12.3. The molecule has 0 saturated carbocycles. The molecular weight excluding hydrogens is 195 g/mol. The lowest BCUT2D eigenvalue weighted by molar-refractivity contribution is -0.108. The Morgan fingerprint density at radius 1 is 1.53 bits per heavy atom. The van der Waals surface area contributed by atoms with Gasteiger partial charge in [-0.05, 0) is 30.0 Å². The van der Waals surface area contributed by atoms with Crippen LogP contribution in [0.4, 0.5) is 4.39 Å². The zero-order valence-electron chi connectivity index (χ0n) is 9.21. The lowest BCUT2D eigenvalue weighted by Gasteiger charge is -2.14. The van der Waals surface area contributed by atoms with Crippen LogP contribution in [-0.2, 0) is 4.79 Å². The van der Waals surface area contributed by atoms with Crippen molar-refractivity contribution in [3.8, 4) is 5.75 Å². The Morgan fingerprint density at radius 2 is 2.20 bits per heavy atom. The molecular formula is C12H15FO2. The average molecular weight is 210 g/mol. The van der Waals surface area contributed by atoms with E-state index in [4.69, 9.17) is 4.74 Å². The maximum Gasteiger partial charge on any atom is 0.129 e. The molecule has 0 heterocycles. The molecule has 3 heteroatoms. The number of hydrogen-bond donors (Lipinski definition) is 0. The topological polar surface area (TPSA) is 26.3 Å². The smallest absolute Gasteiger partial charge is 0.129 e. The first-order valence-electron chi connectivity index (χ1n) is 4.87. The van der Waals surface area contributed by atoms with Crippen molar-refractivity contribution in [2.24, 2.45) is 0 Å². The summed E-state index contributed by atoms with van der Waals surface area (Å²) in [7, 11) is 1.50. The number of rotatable bonds is 4. The number of hydrogen-bond acceptors (Lipinski definition) is 2. The van der Waals surface area contributed by atoms with E-state index in [-0.39, 0.29) is 11.7 Å². The van der Waals surface area contributed by atoms with Gasteiger partial charge in [-0.15, -0.1) is 0 Å². The van der Waals surface area contributed by atoms with Gasteiger partial charge in [0, 0.05) is 12.5 Å². The van der Waals surface area contributed by atoms with E-state index in [1.165, 1.54) is 13.2 Å². The van der Waals surface area contributed by atoms with Crippen molar-refractivity contribution in [1.29, 1.82) is 0 Å². The molecule has 2 nitrogen and oxygen atoms in total. The molecule has 0 radical (unpaired) electrons. The highest BCUT2D eigenvalue weighted by Crippen LogP contribution is 2.30. The van der Waals surface area contributed by atoms with Gasteiger partial charge in [0.2, 0.25) is 0 Å². The van der Waals surface area contributed by atoms with Crippen molar-refractivity contribution in [2.45, 2.75) is 26.2 Å². The van der Waals surface area contributed by atoms with Crippen LogP contribution in [0.1, 0.15) is 30.4 Å². The maximum absolute atomic E-state index is 13.2. The molecule has 0 amide bonds. The van der Waals surface area contributed by atoms with E-state index in [0.717, 1.165) is 11.8 Å². The number of aldehydes is 1. The largest absolute Gasteiger partial charge is 0.496 e. The predicted molar refractivity (Wildman–Crippen MR) is 56.8 cm³/mol. The van der Waals surface area contributed by atoms with E-state index < -0.39 is 0 Å². The summed E-state index contributed by atoms with van der Waals surface area (Å²) in [5, 5.41) is 0. The maximum atomic E-state index is 13.2. The number of methoxy groups -OCH3 is 1. The van der Waals surface area contributed by atoms with Crippen LogP contribution < -0.4 is 4.74 Å². The molecule has 1 unspecified atom stereocenters. The highest BCUT2D eigenvalue weighted by molar-refractivity contribution is 5.53. The van der Waals surface area contributed by atoms with Gasteiger partial charge >= 0.3 is 0 Å². The summed E-state index contributed by atoms with van der Waals surface area (Å²) in [6.07, 6.45) is 1.28. The van der Waals surface area contributed by atoms with Crippen molar-refractivity contribution >= 4 is 6.29 Å². The Morgan fingerprint density at radius 3 is 2.73 bits per heavy atom. The second-order valence-electron chi connectivity index (χ2n) is 3.65. The van der Waals surface area contributed by atoms with Gasteiger partial charge in [-0.3, -0.25) is 0 Å². The SMILES string of the molecule is COc1cc(F)c(C)cc1C(C)CC=O. The van der Waals surface area contributed by atoms with Gasteiger partial charge in [-0.25, -0.2) is 4.39 Å². The zero-order valence-corrected chi connectivity index (χ0v) is 9.21. The van der Waals surface area contributed by atoms with Crippen LogP contribution in [0.25, 0.3) is 0 Å². The highest BCUT2D eigenvalue weighted by Gasteiger charge is 2.13. The summed E-state index contributed by atoms with van der Waals surface area (Å²) >= 11 is 0. The van der Waals surface area contributed by atoms with E-state index >= 15 is 0 Å². The van der Waals surface area contributed by atoms with Crippen LogP contribution in [0.15, 0.2) is 12.1 Å². The quantitative estimate of drug-likeness (QED) is 0.714. The van der Waals surface area contributed by atoms with E-state index in [0.29, 0.717) is 17.7 Å². The molecule has 1 aromatic rings. The molecule has 82 valence electrons. The third-order valence-electron chi connectivity index (χ3n) is 2.49. The fourth-order valence-electron chi connectivity index (χ4n) is 1.52. The summed E-state index contributed by atoms with van der Waals surface area (Å²) in [6.45, 7) is 3.62. The summed E-state index contributed by atoms with van der Waals surface area (Å²) in [6, 6.07) is 3.11. The van der Waals surface area contributed by atoms with Crippen LogP contribution in [0.2, 0.25) is 0 Å². The Labute approximate surface area is 89.1 Å². The lowest BCUT2D eigenvalue weighted by Crippen LogP contribution is -2.00. The molecule has 0 fully saturated rings. The third-order valence-corrected chi connectivity index (χ3v) is 2.49. The van der Waals surface area contributed by atoms with Gasteiger partial charge in [-0.2, -0.15) is 0 Å². The second kappa shape index (κ2) is 4.91. The van der Waals surface area contributed by atoms with Crippen LogP contribution in [0, 0.1) is 12.7 Å². The molecule has 0 aliphatic carbocycles. The van der Waals surface area contributed by atoms with Crippen molar-refractivity contribution < 1.29 is 13.9 Å². The van der Waals surface area contributed by atoms with Gasteiger partial charge < -0.3 is 9.53 Å². The van der Waals surface area contributed by atoms with Crippen molar-refractivity contribution in [2.75, 3.05) is 7.11 Å². The molecule has 0 N–H and O–H groups in total. The molecule has 1 atom stereocenters. The minimum atomic E-state index is -0.283. The predicted octanol–water partition coefficient (Wildman–Crippen LogP) is 2.84. The average Bonchev–Trinajstić information content (AvgIpc) is 2.21. The first-order valence-corrected chi connectivity index (χ1v) is 4.87. The molecule has 0 aliphatic heterocycles. The number of carbonyl (C=O) groups excluding carboxylic acids is 1. The Hall–Kier alpha value is -1.38. The molecule has 15 heavy (non-hydrogen) atoms. The Bertz CT molecular complexity index is 361. The minimum Gasteiger partial charge on any atom is -0.496 e. The van der Waals surface area contributed by atoms with Crippen molar-refractivity contribution in [1.82, 2.24) is 0 Å². The second-order valence-corrected chi connectivity index (χ2v) is 3.65. The number of halogens is 1. The van der Waals surface area contributed by atoms with E-state index in [9.17, 15) is 9.18 Å². The lowest BCUT2D eigenvalue weighted by atomic mass is 9.95. The van der Waals surface area contributed by atoms with Gasteiger partial charge in [0.15, 0.2) is 0 Å². The van der Waals surface area contributed by atoms with Gasteiger partial charge in [-0.1, -0.05) is 6.92 Å². The van der Waals surface area contributed by atoms with E-state index in [1.807, 2.05) is 6.92 Å². The zero-order chi connectivity index (χ0) is 11.4. The highest BCUT2D eigenvalue weighted by atomic mass is 19.1. The third kappa shape index (κ3) is 2.55. The molecule has 0 saturated heterocycles. The summed E-state index contributed by atoms with van der Waals surface area (Å²) in [5.74, 6) is 0.276. The van der Waals surface area contributed by atoms with Crippen LogP contribution >= 0.6 is 0 Å². The Balaban J connectivity index is 3.14. The van der Waals surface area contributed by atoms with Crippen LogP contribution in [0.5, 0.6) is 5.75 Å². The number of ether oxygens (including phenoxy) is 1. The van der Waals surface area contributed by atoms with Gasteiger partial charge in [0.1, 0.15) is 17.9 Å². The molecule has 0 aliphatic rings.